The van der Waals surface area contributed by atoms with Crippen molar-refractivity contribution in [2.45, 2.75) is 167 Å². The average Bonchev–Trinajstić information content (AvgIpc) is 4.16. The van der Waals surface area contributed by atoms with Gasteiger partial charge in [0.2, 0.25) is 11.8 Å². The number of rotatable bonds is 43. The third-order valence-corrected chi connectivity index (χ3v) is 16.1. The van der Waals surface area contributed by atoms with Gasteiger partial charge >= 0.3 is 0 Å². The molecule has 2 aromatic rings. The van der Waals surface area contributed by atoms with Gasteiger partial charge in [-0.2, -0.15) is 0 Å². The van der Waals surface area contributed by atoms with Crippen LogP contribution < -0.4 is 35.9 Å². The number of anilines is 1. The molecule has 25 nitrogen and oxygen atoms in total. The Morgan fingerprint density at radius 3 is 1.94 bits per heavy atom. The van der Waals surface area contributed by atoms with Crippen molar-refractivity contribution >= 4 is 74.9 Å². The van der Waals surface area contributed by atoms with Gasteiger partial charge in [-0.3, -0.25) is 32.9 Å². The number of phosphoric ester groups is 3. The first-order valence-electron chi connectivity index (χ1n) is 27.3. The van der Waals surface area contributed by atoms with E-state index in [0.717, 1.165) is 106 Å². The Kier molecular flexibility index (Phi) is 33.8. The van der Waals surface area contributed by atoms with Crippen LogP contribution >= 0.6 is 35.2 Å². The number of unbranched alkanes of at least 4 members (excludes halogenated alkanes) is 8. The number of ketones is 1. The van der Waals surface area contributed by atoms with Crippen LogP contribution in [0.1, 0.15) is 143 Å². The lowest BCUT2D eigenvalue weighted by Crippen LogP contribution is -2.46. The van der Waals surface area contributed by atoms with Gasteiger partial charge in [-0.1, -0.05) is 144 Å². The Hall–Kier alpha value is -4.33. The SMILES string of the molecule is CC/C=C\C/C=C\C/C=C\C/C=C\C/C=C\C/C=C\CCCCCCCCCCC(=O)CC(=O)SCCNC(=O)CCNC(=O)[C@H](O)C(C)(C)COP(=O)([O-])OP(=O)([O-])OC[C@H]1O[C@@H](n2cnc3c(N)ncnc32)[C@H](O)[C@@H]1OP(=O)([O-])[O-]. The Balaban J connectivity index is 1.19. The number of hydrogen-bond donors (Lipinski definition) is 5. The highest BCUT2D eigenvalue weighted by Crippen LogP contribution is 2.56. The maximum absolute atomic E-state index is 12.7. The van der Waals surface area contributed by atoms with Crippen molar-refractivity contribution in [2.24, 2.45) is 5.41 Å². The first-order valence-corrected chi connectivity index (χ1v) is 32.7. The molecule has 3 heterocycles. The second-order valence-electron chi connectivity index (χ2n) is 19.7. The summed E-state index contributed by atoms with van der Waals surface area (Å²) in [4.78, 5) is 110. The van der Waals surface area contributed by atoms with Crippen molar-refractivity contribution < 1.29 is 85.3 Å². The van der Waals surface area contributed by atoms with Crippen LogP contribution in [0.5, 0.6) is 0 Å². The second kappa shape index (κ2) is 38.6. The number of hydrogen-bond acceptors (Lipinski definition) is 23. The smallest absolute Gasteiger partial charge is 0.274 e. The zero-order chi connectivity index (χ0) is 60.4. The standard InChI is InChI=1S/C53H84N7O18P3S/c1-4-5-6-7-8-9-10-11-12-13-14-15-16-17-18-19-20-21-22-23-24-25-26-27-28-29-30-31-41(61)36-44(63)82-35-34-55-43(62)32-33-56-51(66)48(65)53(2,3)38-75-81(72,73)78-80(70,71)74-37-42-47(77-79(67,68)69)46(64)52(76-42)60-40-59-45-49(54)57-39-58-50(45)60/h5-6,8-9,11-12,14-15,17-18,20-21,39-40,42,46-48,52,64-65H,4,7,10,13,16,19,22-38H2,1-3H3,(H,55,62)(H,56,66)(H,70,71)(H,72,73)(H2,54,57,58)(H2,67,68,69)/p-4/b6-5-,9-8-,12-11-,15-14-,18-17-,21-20-/t42-,46-,47-,48+,52-/m1/s1. The fraction of sp³-hybridized carbons (Fsp3) is 0.604. The normalized spacial score (nSPS) is 19.1. The van der Waals surface area contributed by atoms with Crippen LogP contribution in [0.2, 0.25) is 0 Å². The molecule has 1 fully saturated rings. The van der Waals surface area contributed by atoms with Gasteiger partial charge in [-0.15, -0.1) is 0 Å². The lowest BCUT2D eigenvalue weighted by Gasteiger charge is -2.36. The molecule has 0 aromatic carbocycles. The molecule has 1 saturated heterocycles. The number of imidazole rings is 1. The number of nitrogens with zero attached hydrogens (tertiary/aromatic N) is 4. The van der Waals surface area contributed by atoms with Crippen molar-refractivity contribution in [3.05, 3.63) is 85.6 Å². The van der Waals surface area contributed by atoms with E-state index in [0.29, 0.717) is 6.42 Å². The van der Waals surface area contributed by atoms with Gasteiger partial charge in [0.25, 0.3) is 15.6 Å². The fourth-order valence-corrected chi connectivity index (χ4v) is 11.3. The molecule has 82 heavy (non-hydrogen) atoms. The van der Waals surface area contributed by atoms with Gasteiger partial charge < -0.3 is 69.0 Å². The number of carbonyl (C=O) groups is 4. The molecule has 6 N–H and O–H groups in total. The van der Waals surface area contributed by atoms with Crippen LogP contribution in [-0.2, 0) is 55.5 Å². The highest BCUT2D eigenvalue weighted by molar-refractivity contribution is 8.13. The zero-order valence-corrected chi connectivity index (χ0v) is 50.3. The number of carbonyl (C=O) groups excluding carboxylic acids is 4. The van der Waals surface area contributed by atoms with Crippen LogP contribution in [0.15, 0.2) is 85.6 Å². The molecule has 0 spiro atoms. The number of aliphatic hydroxyl groups excluding tert-OH is 2. The van der Waals surface area contributed by atoms with Gasteiger partial charge in [0.05, 0.1) is 33.8 Å². The number of allylic oxidation sites excluding steroid dienone is 12. The molecule has 1 aliphatic rings. The van der Waals surface area contributed by atoms with Crippen molar-refractivity contribution in [1.82, 2.24) is 30.2 Å². The molecular formula is C53H80N7O18P3S-4. The molecule has 1 aliphatic heterocycles. The van der Waals surface area contributed by atoms with Gasteiger partial charge in [0.15, 0.2) is 22.8 Å². The van der Waals surface area contributed by atoms with Crippen LogP contribution in [0.4, 0.5) is 5.82 Å². The number of nitrogens with one attached hydrogen (secondary N) is 2. The largest absolute Gasteiger partial charge is 0.790 e. The highest BCUT2D eigenvalue weighted by atomic mass is 32.2. The molecule has 2 aromatic heterocycles. The van der Waals surface area contributed by atoms with E-state index in [1.54, 1.807) is 0 Å². The summed E-state index contributed by atoms with van der Waals surface area (Å²) in [5.74, 6) is -1.54. The van der Waals surface area contributed by atoms with Crippen molar-refractivity contribution in [3.8, 4) is 0 Å². The van der Waals surface area contributed by atoms with E-state index >= 15 is 0 Å². The van der Waals surface area contributed by atoms with E-state index in [1.165, 1.54) is 33.1 Å². The highest BCUT2D eigenvalue weighted by Gasteiger charge is 2.47. The minimum Gasteiger partial charge on any atom is -0.790 e. The molecule has 0 saturated carbocycles. The van der Waals surface area contributed by atoms with Gasteiger partial charge in [-0.05, 0) is 57.8 Å². The monoisotopic (exact) mass is 1230 g/mol. The minimum absolute atomic E-state index is 0.0274. The van der Waals surface area contributed by atoms with Gasteiger partial charge in [0, 0.05) is 37.1 Å². The van der Waals surface area contributed by atoms with E-state index in [9.17, 15) is 62.7 Å². The topological polar surface area (TPSA) is 392 Å². The Labute approximate surface area is 484 Å². The van der Waals surface area contributed by atoms with Crippen LogP contribution in [-0.4, -0.2) is 109 Å². The number of phosphoric acid groups is 3. The summed E-state index contributed by atoms with van der Waals surface area (Å²) < 4.78 is 60.9. The van der Waals surface area contributed by atoms with E-state index in [2.05, 4.69) is 123 Å². The van der Waals surface area contributed by atoms with Crippen molar-refractivity contribution in [1.29, 1.82) is 0 Å². The maximum atomic E-state index is 12.7. The summed E-state index contributed by atoms with van der Waals surface area (Å²) in [6.07, 6.45) is 34.4. The van der Waals surface area contributed by atoms with Crippen LogP contribution in [0.25, 0.3) is 11.2 Å². The summed E-state index contributed by atoms with van der Waals surface area (Å²) in [6.45, 7) is 2.06. The summed E-state index contributed by atoms with van der Waals surface area (Å²) in [5, 5.41) is 26.1. The van der Waals surface area contributed by atoms with E-state index < -0.39 is 84.6 Å². The maximum Gasteiger partial charge on any atom is 0.274 e. The number of aliphatic hydroxyl groups is 2. The third kappa shape index (κ3) is 30.0. The summed E-state index contributed by atoms with van der Waals surface area (Å²) in [7, 11) is -17.7. The minimum atomic E-state index is -5.94. The predicted octanol–water partition coefficient (Wildman–Crippen LogP) is 5.69. The molecule has 0 radical (unpaired) electrons. The molecule has 2 unspecified atom stereocenters. The number of aromatic nitrogens is 4. The molecule has 2 amide bonds. The Bertz CT molecular complexity index is 2630. The molecular weight excluding hydrogens is 1150 g/mol. The molecule has 0 bridgehead atoms. The molecule has 3 rings (SSSR count). The van der Waals surface area contributed by atoms with Crippen molar-refractivity contribution in [3.63, 3.8) is 0 Å². The predicted molar refractivity (Wildman–Crippen MR) is 302 cm³/mol. The van der Waals surface area contributed by atoms with Crippen LogP contribution in [0, 0.1) is 5.41 Å². The van der Waals surface area contributed by atoms with E-state index in [1.807, 2.05) is 0 Å². The molecule has 29 heteroatoms. The number of amides is 2. The van der Waals surface area contributed by atoms with Gasteiger partial charge in [-0.25, -0.2) is 19.3 Å². The number of thioether (sulfide) groups is 1. The van der Waals surface area contributed by atoms with Crippen molar-refractivity contribution in [2.75, 3.05) is 37.8 Å². The number of nitrogen functional groups attached to an aromatic ring is 1. The summed E-state index contributed by atoms with van der Waals surface area (Å²) in [6, 6.07) is 0. The third-order valence-electron chi connectivity index (χ3n) is 12.3. The Morgan fingerprint density at radius 2 is 1.34 bits per heavy atom. The molecule has 0 aliphatic carbocycles. The number of nitrogens with two attached hydrogens (primary N) is 1. The molecule has 460 valence electrons. The quantitative estimate of drug-likeness (QED) is 0.0230. The van der Waals surface area contributed by atoms with E-state index in [4.69, 9.17) is 10.5 Å². The summed E-state index contributed by atoms with van der Waals surface area (Å²) in [5.41, 5.74) is 4.05. The summed E-state index contributed by atoms with van der Waals surface area (Å²) >= 11 is 0.923. The number of Topliss-reactive ketones (excluding diaryl/α,β-unsaturated/α-hetero) is 1. The average molecular weight is 1230 g/mol. The Morgan fingerprint density at radius 1 is 0.780 bits per heavy atom. The number of fused-ring (bicyclic) bond motifs is 1. The number of ether oxygens (including phenoxy) is 1. The fourth-order valence-electron chi connectivity index (χ4n) is 7.86. The lowest BCUT2D eigenvalue weighted by atomic mass is 9.87. The zero-order valence-electron chi connectivity index (χ0n) is 46.8. The first-order chi connectivity index (χ1) is 38.9. The second-order valence-corrected chi connectivity index (χ2v) is 24.9. The van der Waals surface area contributed by atoms with Gasteiger partial charge in [0.1, 0.15) is 42.0 Å². The van der Waals surface area contributed by atoms with E-state index in [-0.39, 0.29) is 59.6 Å². The first kappa shape index (κ1) is 71.9. The lowest BCUT2D eigenvalue weighted by molar-refractivity contribution is -0.347. The molecule has 7 atom stereocenters. The van der Waals surface area contributed by atoms with Crippen LogP contribution in [0.3, 0.4) is 0 Å².